The van der Waals surface area contributed by atoms with Crippen molar-refractivity contribution < 1.29 is 30.0 Å². The second-order valence-electron chi connectivity index (χ2n) is 3.50. The molecule has 0 aromatic carbocycles. The molecule has 0 saturated carbocycles. The second kappa shape index (κ2) is 10.1. The van der Waals surface area contributed by atoms with Gasteiger partial charge in [-0.25, -0.2) is 4.79 Å². The molecule has 0 unspecified atom stereocenters. The van der Waals surface area contributed by atoms with Gasteiger partial charge in [0.2, 0.25) is 0 Å². The van der Waals surface area contributed by atoms with E-state index in [1.54, 1.807) is 6.92 Å². The number of esters is 1. The first-order valence-corrected chi connectivity index (χ1v) is 5.30. The van der Waals surface area contributed by atoms with Crippen molar-refractivity contribution in [3.8, 4) is 0 Å². The van der Waals surface area contributed by atoms with Crippen molar-refractivity contribution in [2.45, 2.75) is 20.3 Å². The van der Waals surface area contributed by atoms with Crippen LogP contribution in [0.25, 0.3) is 0 Å². The van der Waals surface area contributed by atoms with E-state index in [-0.39, 0.29) is 26.4 Å². The molecule has 0 atom stereocenters. The number of aliphatic hydroxyl groups is 4. The SMILES string of the molecule is C=C(O)C(=O)OCC.CCC(CO)(CO)CO. The summed E-state index contributed by atoms with van der Waals surface area (Å²) in [6.07, 6.45) is 0.594. The lowest BCUT2D eigenvalue weighted by atomic mass is 9.88. The minimum Gasteiger partial charge on any atom is -0.502 e. The summed E-state index contributed by atoms with van der Waals surface area (Å²) in [5.74, 6) is -1.31. The van der Waals surface area contributed by atoms with Crippen LogP contribution in [0.2, 0.25) is 0 Å². The summed E-state index contributed by atoms with van der Waals surface area (Å²) in [6.45, 7) is 6.22. The Bertz CT molecular complexity index is 204. The van der Waals surface area contributed by atoms with Crippen LogP contribution in [0.5, 0.6) is 0 Å². The molecule has 6 nitrogen and oxygen atoms in total. The lowest BCUT2D eigenvalue weighted by molar-refractivity contribution is -0.141. The molecule has 0 aliphatic rings. The van der Waals surface area contributed by atoms with Crippen molar-refractivity contribution in [2.75, 3.05) is 26.4 Å². The second-order valence-corrected chi connectivity index (χ2v) is 3.50. The van der Waals surface area contributed by atoms with Crippen molar-refractivity contribution in [1.82, 2.24) is 0 Å². The minimum atomic E-state index is -0.757. The Morgan fingerprint density at radius 2 is 1.59 bits per heavy atom. The summed E-state index contributed by atoms with van der Waals surface area (Å²) in [5, 5.41) is 34.3. The van der Waals surface area contributed by atoms with Gasteiger partial charge in [-0.1, -0.05) is 6.92 Å². The van der Waals surface area contributed by atoms with Gasteiger partial charge < -0.3 is 25.2 Å². The third-order valence-corrected chi connectivity index (χ3v) is 2.27. The lowest BCUT2D eigenvalue weighted by Crippen LogP contribution is -2.32. The molecule has 0 aromatic rings. The third-order valence-electron chi connectivity index (χ3n) is 2.27. The highest BCUT2D eigenvalue weighted by Crippen LogP contribution is 2.18. The van der Waals surface area contributed by atoms with E-state index >= 15 is 0 Å². The van der Waals surface area contributed by atoms with E-state index in [9.17, 15) is 4.79 Å². The highest BCUT2D eigenvalue weighted by Gasteiger charge is 2.24. The topological polar surface area (TPSA) is 107 Å². The molecule has 0 fully saturated rings. The quantitative estimate of drug-likeness (QED) is 0.300. The van der Waals surface area contributed by atoms with Crippen LogP contribution < -0.4 is 0 Å². The van der Waals surface area contributed by atoms with Gasteiger partial charge in [0.05, 0.1) is 26.4 Å². The fraction of sp³-hybridized carbons (Fsp3) is 0.727. The predicted molar refractivity (Wildman–Crippen MR) is 62.4 cm³/mol. The lowest BCUT2D eigenvalue weighted by Gasteiger charge is -2.24. The number of ether oxygens (including phenoxy) is 1. The summed E-state index contributed by atoms with van der Waals surface area (Å²) < 4.78 is 4.31. The maximum absolute atomic E-state index is 10.2. The number of aliphatic hydroxyl groups excluding tert-OH is 4. The van der Waals surface area contributed by atoms with Crippen molar-refractivity contribution in [1.29, 1.82) is 0 Å². The van der Waals surface area contributed by atoms with Crippen LogP contribution in [0.3, 0.4) is 0 Å². The van der Waals surface area contributed by atoms with Gasteiger partial charge in [-0.3, -0.25) is 0 Å². The fourth-order valence-corrected chi connectivity index (χ4v) is 0.700. The average molecular weight is 250 g/mol. The Kier molecular flexibility index (Phi) is 10.8. The zero-order valence-electron chi connectivity index (χ0n) is 10.3. The first-order valence-electron chi connectivity index (χ1n) is 5.30. The standard InChI is InChI=1S/C6H14O3.C5H8O3/c1-2-6(3-7,4-8)5-9;1-3-8-5(7)4(2)6/h7-9H,2-5H2,1H3;6H,2-3H2,1H3. The van der Waals surface area contributed by atoms with Crippen LogP contribution in [-0.2, 0) is 9.53 Å². The molecule has 17 heavy (non-hydrogen) atoms. The van der Waals surface area contributed by atoms with Gasteiger partial charge >= 0.3 is 5.97 Å². The van der Waals surface area contributed by atoms with Crippen LogP contribution in [0.1, 0.15) is 20.3 Å². The van der Waals surface area contributed by atoms with Crippen LogP contribution in [0, 0.1) is 5.41 Å². The monoisotopic (exact) mass is 250 g/mol. The summed E-state index contributed by atoms with van der Waals surface area (Å²) in [5.41, 5.74) is -0.667. The van der Waals surface area contributed by atoms with E-state index in [4.69, 9.17) is 20.4 Å². The summed E-state index contributed by atoms with van der Waals surface area (Å²) in [6, 6.07) is 0. The third kappa shape index (κ3) is 7.73. The van der Waals surface area contributed by atoms with E-state index in [0.29, 0.717) is 6.42 Å². The number of hydrogen-bond donors (Lipinski definition) is 4. The number of carbonyl (C=O) groups is 1. The predicted octanol–water partition coefficient (Wildman–Crippen LogP) is -0.0191. The fourth-order valence-electron chi connectivity index (χ4n) is 0.700. The molecule has 0 amide bonds. The van der Waals surface area contributed by atoms with Gasteiger partial charge in [-0.05, 0) is 19.9 Å². The Morgan fingerprint density at radius 3 is 1.65 bits per heavy atom. The minimum absolute atomic E-state index is 0.156. The van der Waals surface area contributed by atoms with Crippen LogP contribution in [0.4, 0.5) is 0 Å². The van der Waals surface area contributed by atoms with Crippen molar-refractivity contribution >= 4 is 5.97 Å². The molecule has 0 heterocycles. The molecule has 0 bridgehead atoms. The first kappa shape index (κ1) is 18.3. The summed E-state index contributed by atoms with van der Waals surface area (Å²) >= 11 is 0. The van der Waals surface area contributed by atoms with E-state index in [0.717, 1.165) is 0 Å². The molecule has 0 spiro atoms. The zero-order valence-corrected chi connectivity index (χ0v) is 10.3. The number of rotatable bonds is 6. The molecule has 0 aromatic heterocycles. The van der Waals surface area contributed by atoms with E-state index in [1.165, 1.54) is 0 Å². The van der Waals surface area contributed by atoms with Crippen molar-refractivity contribution in [3.63, 3.8) is 0 Å². The van der Waals surface area contributed by atoms with Crippen LogP contribution >= 0.6 is 0 Å². The van der Waals surface area contributed by atoms with Gasteiger partial charge in [-0.15, -0.1) is 0 Å². The molecular formula is C11H22O6. The van der Waals surface area contributed by atoms with Crippen molar-refractivity contribution in [2.24, 2.45) is 5.41 Å². The molecule has 0 radical (unpaired) electrons. The Morgan fingerprint density at radius 1 is 1.18 bits per heavy atom. The highest BCUT2D eigenvalue weighted by molar-refractivity contribution is 5.84. The van der Waals surface area contributed by atoms with E-state index in [2.05, 4.69) is 11.3 Å². The van der Waals surface area contributed by atoms with Crippen LogP contribution in [0.15, 0.2) is 12.3 Å². The molecular weight excluding hydrogens is 228 g/mol. The average Bonchev–Trinajstić information content (AvgIpc) is 2.34. The Labute approximate surface area is 101 Å². The van der Waals surface area contributed by atoms with Gasteiger partial charge in [0, 0.05) is 5.41 Å². The molecule has 4 N–H and O–H groups in total. The van der Waals surface area contributed by atoms with E-state index in [1.807, 2.05) is 6.92 Å². The molecule has 0 aliphatic carbocycles. The van der Waals surface area contributed by atoms with Crippen LogP contribution in [-0.4, -0.2) is 52.8 Å². The van der Waals surface area contributed by atoms with E-state index < -0.39 is 17.1 Å². The smallest absolute Gasteiger partial charge is 0.372 e. The number of carbonyl (C=O) groups excluding carboxylic acids is 1. The maximum atomic E-state index is 10.2. The van der Waals surface area contributed by atoms with Gasteiger partial charge in [-0.2, -0.15) is 0 Å². The zero-order chi connectivity index (χ0) is 13.9. The largest absolute Gasteiger partial charge is 0.502 e. The normalized spacial score (nSPS) is 10.2. The van der Waals surface area contributed by atoms with Gasteiger partial charge in [0.25, 0.3) is 0 Å². The molecule has 0 rings (SSSR count). The summed E-state index contributed by atoms with van der Waals surface area (Å²) in [7, 11) is 0. The Balaban J connectivity index is 0. The van der Waals surface area contributed by atoms with Gasteiger partial charge in [0.15, 0.2) is 5.76 Å². The van der Waals surface area contributed by atoms with Gasteiger partial charge in [0.1, 0.15) is 0 Å². The summed E-state index contributed by atoms with van der Waals surface area (Å²) in [4.78, 5) is 10.2. The van der Waals surface area contributed by atoms with Crippen molar-refractivity contribution in [3.05, 3.63) is 12.3 Å². The Hall–Kier alpha value is -1.11. The molecule has 102 valence electrons. The number of hydrogen-bond acceptors (Lipinski definition) is 6. The molecule has 6 heteroatoms. The first-order chi connectivity index (χ1) is 7.92. The highest BCUT2D eigenvalue weighted by atomic mass is 16.5. The maximum Gasteiger partial charge on any atom is 0.372 e. The molecule has 0 saturated heterocycles. The molecule has 0 aliphatic heterocycles.